The number of unbranched alkanes of at least 4 members (excludes halogenated alkanes) is 1. The van der Waals surface area contributed by atoms with E-state index in [1.807, 2.05) is 24.3 Å². The molecule has 6 heteroatoms. The molecule has 0 spiro atoms. The standard InChI is InChI=1S/C18H29N3O2.ClH/c1-18(2,3)15-8-6-14(7-9-15)17(23)21-13-10-16(22)20-12-5-4-11-19;/h6-9H,4-5,10-13,19H2,1-3H3,(H,20,22)(H,21,23);1H. The zero-order valence-corrected chi connectivity index (χ0v) is 15.7. The Kier molecular flexibility index (Phi) is 10.3. The summed E-state index contributed by atoms with van der Waals surface area (Å²) in [5.74, 6) is -0.202. The summed E-state index contributed by atoms with van der Waals surface area (Å²) in [6.07, 6.45) is 2.07. The van der Waals surface area contributed by atoms with Gasteiger partial charge >= 0.3 is 0 Å². The second-order valence-corrected chi connectivity index (χ2v) is 6.68. The predicted molar refractivity (Wildman–Crippen MR) is 101 cm³/mol. The first-order chi connectivity index (χ1) is 10.8. The average Bonchev–Trinajstić information content (AvgIpc) is 2.51. The van der Waals surface area contributed by atoms with Gasteiger partial charge in [0.15, 0.2) is 0 Å². The topological polar surface area (TPSA) is 84.2 Å². The fourth-order valence-electron chi connectivity index (χ4n) is 2.10. The van der Waals surface area contributed by atoms with Gasteiger partial charge in [-0.05, 0) is 42.5 Å². The Morgan fingerprint density at radius 2 is 1.62 bits per heavy atom. The maximum absolute atomic E-state index is 12.0. The Bertz CT molecular complexity index is 510. The van der Waals surface area contributed by atoms with Crippen molar-refractivity contribution in [2.24, 2.45) is 5.73 Å². The fourth-order valence-corrected chi connectivity index (χ4v) is 2.10. The van der Waals surface area contributed by atoms with Crippen molar-refractivity contribution in [2.75, 3.05) is 19.6 Å². The molecule has 1 aromatic carbocycles. The first-order valence-corrected chi connectivity index (χ1v) is 8.20. The van der Waals surface area contributed by atoms with Gasteiger partial charge in [0, 0.05) is 25.1 Å². The summed E-state index contributed by atoms with van der Waals surface area (Å²) in [6, 6.07) is 7.59. The number of halogens is 1. The summed E-state index contributed by atoms with van der Waals surface area (Å²) in [4.78, 5) is 23.6. The molecule has 0 saturated heterocycles. The highest BCUT2D eigenvalue weighted by Gasteiger charge is 2.14. The van der Waals surface area contributed by atoms with Crippen LogP contribution in [0.3, 0.4) is 0 Å². The highest BCUT2D eigenvalue weighted by molar-refractivity contribution is 5.94. The Labute approximate surface area is 151 Å². The number of hydrogen-bond acceptors (Lipinski definition) is 3. The highest BCUT2D eigenvalue weighted by atomic mass is 35.5. The number of carbonyl (C=O) groups is 2. The van der Waals surface area contributed by atoms with Crippen molar-refractivity contribution in [1.82, 2.24) is 10.6 Å². The molecule has 0 bridgehead atoms. The highest BCUT2D eigenvalue weighted by Crippen LogP contribution is 2.22. The summed E-state index contributed by atoms with van der Waals surface area (Å²) < 4.78 is 0. The van der Waals surface area contributed by atoms with Crippen molar-refractivity contribution >= 4 is 24.2 Å². The van der Waals surface area contributed by atoms with Crippen LogP contribution in [0.15, 0.2) is 24.3 Å². The maximum atomic E-state index is 12.0. The van der Waals surface area contributed by atoms with Crippen LogP contribution in [0, 0.1) is 0 Å². The van der Waals surface area contributed by atoms with E-state index in [4.69, 9.17) is 5.73 Å². The van der Waals surface area contributed by atoms with Crippen LogP contribution in [-0.4, -0.2) is 31.4 Å². The lowest BCUT2D eigenvalue weighted by Crippen LogP contribution is -2.31. The molecule has 0 unspecified atom stereocenters. The first-order valence-electron chi connectivity index (χ1n) is 8.20. The first kappa shape index (κ1) is 22.4. The summed E-state index contributed by atoms with van der Waals surface area (Å²) in [5.41, 5.74) is 7.25. The molecule has 0 fully saturated rings. The number of nitrogens with one attached hydrogen (secondary N) is 2. The van der Waals surface area contributed by atoms with E-state index in [1.165, 1.54) is 5.56 Å². The molecular weight excluding hydrogens is 326 g/mol. The Hall–Kier alpha value is -1.59. The van der Waals surface area contributed by atoms with Gasteiger partial charge in [0.2, 0.25) is 5.91 Å². The number of carbonyl (C=O) groups excluding carboxylic acids is 2. The second-order valence-electron chi connectivity index (χ2n) is 6.68. The van der Waals surface area contributed by atoms with E-state index >= 15 is 0 Å². The number of nitrogens with two attached hydrogens (primary N) is 1. The third-order valence-electron chi connectivity index (χ3n) is 3.60. The maximum Gasteiger partial charge on any atom is 0.251 e. The van der Waals surface area contributed by atoms with Gasteiger partial charge in [-0.1, -0.05) is 32.9 Å². The summed E-state index contributed by atoms with van der Waals surface area (Å²) in [7, 11) is 0. The minimum Gasteiger partial charge on any atom is -0.356 e. The normalized spacial score (nSPS) is 10.7. The quantitative estimate of drug-likeness (QED) is 0.626. The zero-order valence-electron chi connectivity index (χ0n) is 14.9. The van der Waals surface area contributed by atoms with E-state index in [2.05, 4.69) is 31.4 Å². The van der Waals surface area contributed by atoms with Crippen molar-refractivity contribution in [2.45, 2.75) is 45.4 Å². The molecule has 0 aliphatic heterocycles. The van der Waals surface area contributed by atoms with Gasteiger partial charge in [-0.25, -0.2) is 0 Å². The van der Waals surface area contributed by atoms with Gasteiger partial charge in [-0.3, -0.25) is 9.59 Å². The van der Waals surface area contributed by atoms with Gasteiger partial charge in [0.25, 0.3) is 5.91 Å². The van der Waals surface area contributed by atoms with Crippen molar-refractivity contribution in [3.63, 3.8) is 0 Å². The van der Waals surface area contributed by atoms with Crippen molar-refractivity contribution in [1.29, 1.82) is 0 Å². The van der Waals surface area contributed by atoms with Crippen LogP contribution in [0.25, 0.3) is 0 Å². The summed E-state index contributed by atoms with van der Waals surface area (Å²) in [6.45, 7) is 8.01. The molecule has 0 aromatic heterocycles. The predicted octanol–water partition coefficient (Wildman–Crippen LogP) is 2.38. The molecule has 5 nitrogen and oxygen atoms in total. The smallest absolute Gasteiger partial charge is 0.251 e. The largest absolute Gasteiger partial charge is 0.356 e. The lowest BCUT2D eigenvalue weighted by Gasteiger charge is -2.19. The minimum absolute atomic E-state index is 0. The molecule has 4 N–H and O–H groups in total. The molecule has 0 saturated carbocycles. The second kappa shape index (κ2) is 11.0. The van der Waals surface area contributed by atoms with Gasteiger partial charge in [0.05, 0.1) is 0 Å². The number of rotatable bonds is 8. The molecule has 1 aromatic rings. The molecule has 1 rings (SSSR count). The Morgan fingerprint density at radius 1 is 1.00 bits per heavy atom. The van der Waals surface area contributed by atoms with E-state index in [1.54, 1.807) is 0 Å². The van der Waals surface area contributed by atoms with Gasteiger partial charge in [-0.15, -0.1) is 12.4 Å². The van der Waals surface area contributed by atoms with Gasteiger partial charge in [-0.2, -0.15) is 0 Å². The molecule has 24 heavy (non-hydrogen) atoms. The third-order valence-corrected chi connectivity index (χ3v) is 3.60. The van der Waals surface area contributed by atoms with E-state index in [0.717, 1.165) is 12.8 Å². The fraction of sp³-hybridized carbons (Fsp3) is 0.556. The molecule has 136 valence electrons. The number of amides is 2. The molecule has 0 aliphatic carbocycles. The molecule has 0 aliphatic rings. The Balaban J connectivity index is 0.00000529. The molecule has 0 heterocycles. The lowest BCUT2D eigenvalue weighted by molar-refractivity contribution is -0.120. The van der Waals surface area contributed by atoms with Crippen LogP contribution in [0.1, 0.15) is 56.0 Å². The van der Waals surface area contributed by atoms with E-state index in [-0.39, 0.29) is 36.1 Å². The molecular formula is C18H30ClN3O2. The van der Waals surface area contributed by atoms with Crippen LogP contribution in [0.5, 0.6) is 0 Å². The van der Waals surface area contributed by atoms with Gasteiger partial charge in [0.1, 0.15) is 0 Å². The molecule has 0 radical (unpaired) electrons. The van der Waals surface area contributed by atoms with Crippen LogP contribution in [-0.2, 0) is 10.2 Å². The van der Waals surface area contributed by atoms with Crippen molar-refractivity contribution in [3.8, 4) is 0 Å². The zero-order chi connectivity index (χ0) is 17.3. The third kappa shape index (κ3) is 8.31. The SMILES string of the molecule is CC(C)(C)c1ccc(C(=O)NCCC(=O)NCCCCN)cc1.Cl. The minimum atomic E-state index is -0.151. The van der Waals surface area contributed by atoms with E-state index in [0.29, 0.717) is 25.2 Å². The van der Waals surface area contributed by atoms with Crippen LogP contribution in [0.4, 0.5) is 0 Å². The Morgan fingerprint density at radius 3 is 2.17 bits per heavy atom. The molecule has 2 amide bonds. The van der Waals surface area contributed by atoms with Gasteiger partial charge < -0.3 is 16.4 Å². The van der Waals surface area contributed by atoms with E-state index < -0.39 is 0 Å². The average molecular weight is 356 g/mol. The van der Waals surface area contributed by atoms with Crippen LogP contribution < -0.4 is 16.4 Å². The number of benzene rings is 1. The van der Waals surface area contributed by atoms with Crippen LogP contribution >= 0.6 is 12.4 Å². The van der Waals surface area contributed by atoms with Crippen molar-refractivity contribution in [3.05, 3.63) is 35.4 Å². The molecule has 0 atom stereocenters. The van der Waals surface area contributed by atoms with E-state index in [9.17, 15) is 9.59 Å². The lowest BCUT2D eigenvalue weighted by atomic mass is 9.87. The summed E-state index contributed by atoms with van der Waals surface area (Å²) in [5, 5.41) is 5.58. The van der Waals surface area contributed by atoms with Crippen LogP contribution in [0.2, 0.25) is 0 Å². The van der Waals surface area contributed by atoms with Crippen molar-refractivity contribution < 1.29 is 9.59 Å². The number of hydrogen-bond donors (Lipinski definition) is 3. The summed E-state index contributed by atoms with van der Waals surface area (Å²) >= 11 is 0. The monoisotopic (exact) mass is 355 g/mol.